The van der Waals surface area contributed by atoms with Crippen LogP contribution in [-0.2, 0) is 5.33 Å². The molecular formula is C14H12BrFO2. The van der Waals surface area contributed by atoms with Crippen molar-refractivity contribution in [1.82, 2.24) is 0 Å². The van der Waals surface area contributed by atoms with Crippen molar-refractivity contribution >= 4 is 15.9 Å². The molecule has 0 aliphatic heterocycles. The molecule has 0 spiro atoms. The number of benzene rings is 2. The first-order valence-electron chi connectivity index (χ1n) is 5.39. The zero-order valence-corrected chi connectivity index (χ0v) is 11.4. The Bertz CT molecular complexity index is 526. The topological polar surface area (TPSA) is 18.5 Å². The quantitative estimate of drug-likeness (QED) is 0.773. The summed E-state index contributed by atoms with van der Waals surface area (Å²) in [5.41, 5.74) is 0.870. The standard InChI is InChI=1S/C14H12BrFO2/c1-17-11-3-5-12(6-4-11)18-14-7-2-10(9-15)8-13(14)16/h2-8H,9H2,1H3. The van der Waals surface area contributed by atoms with E-state index in [0.717, 1.165) is 11.3 Å². The van der Waals surface area contributed by atoms with Gasteiger partial charge in [-0.05, 0) is 42.0 Å². The van der Waals surface area contributed by atoms with Crippen LogP contribution in [0.25, 0.3) is 0 Å². The molecule has 0 bridgehead atoms. The largest absolute Gasteiger partial charge is 0.497 e. The number of methoxy groups -OCH3 is 1. The van der Waals surface area contributed by atoms with Crippen LogP contribution < -0.4 is 9.47 Å². The molecule has 0 heterocycles. The van der Waals surface area contributed by atoms with Gasteiger partial charge in [0.2, 0.25) is 0 Å². The molecule has 0 N–H and O–H groups in total. The second-order valence-electron chi connectivity index (χ2n) is 3.68. The summed E-state index contributed by atoms with van der Waals surface area (Å²) >= 11 is 3.28. The van der Waals surface area contributed by atoms with Gasteiger partial charge >= 0.3 is 0 Å². The maximum Gasteiger partial charge on any atom is 0.166 e. The predicted molar refractivity (Wildman–Crippen MR) is 72.1 cm³/mol. The first-order valence-corrected chi connectivity index (χ1v) is 6.51. The minimum Gasteiger partial charge on any atom is -0.497 e. The Balaban J connectivity index is 2.17. The molecule has 4 heteroatoms. The van der Waals surface area contributed by atoms with E-state index >= 15 is 0 Å². The van der Waals surface area contributed by atoms with Gasteiger partial charge in [0.05, 0.1) is 7.11 Å². The molecule has 0 radical (unpaired) electrons. The van der Waals surface area contributed by atoms with E-state index in [9.17, 15) is 4.39 Å². The number of hydrogen-bond acceptors (Lipinski definition) is 2. The third kappa shape index (κ3) is 3.01. The fraction of sp³-hybridized carbons (Fsp3) is 0.143. The van der Waals surface area contributed by atoms with Gasteiger partial charge < -0.3 is 9.47 Å². The Hall–Kier alpha value is -1.55. The van der Waals surface area contributed by atoms with E-state index in [2.05, 4.69) is 15.9 Å². The van der Waals surface area contributed by atoms with Crippen LogP contribution in [0.15, 0.2) is 42.5 Å². The minimum absolute atomic E-state index is 0.213. The highest BCUT2D eigenvalue weighted by molar-refractivity contribution is 9.08. The molecule has 2 rings (SSSR count). The number of ether oxygens (including phenoxy) is 2. The zero-order valence-electron chi connectivity index (χ0n) is 9.82. The van der Waals surface area contributed by atoms with Crippen LogP contribution in [0.5, 0.6) is 17.2 Å². The average Bonchev–Trinajstić information content (AvgIpc) is 2.42. The molecule has 0 unspecified atom stereocenters. The number of rotatable bonds is 4. The van der Waals surface area contributed by atoms with Crippen LogP contribution in [-0.4, -0.2) is 7.11 Å². The Labute approximate surface area is 113 Å². The lowest BCUT2D eigenvalue weighted by molar-refractivity contribution is 0.411. The van der Waals surface area contributed by atoms with Crippen LogP contribution in [0, 0.1) is 5.82 Å². The molecule has 94 valence electrons. The number of halogens is 2. The lowest BCUT2D eigenvalue weighted by Gasteiger charge is -2.08. The summed E-state index contributed by atoms with van der Waals surface area (Å²) in [6.45, 7) is 0. The molecule has 2 aromatic carbocycles. The fourth-order valence-corrected chi connectivity index (χ4v) is 1.83. The highest BCUT2D eigenvalue weighted by atomic mass is 79.9. The Morgan fingerprint density at radius 2 is 1.72 bits per heavy atom. The highest BCUT2D eigenvalue weighted by Gasteiger charge is 2.05. The normalized spacial score (nSPS) is 10.2. The van der Waals surface area contributed by atoms with Crippen molar-refractivity contribution in [2.24, 2.45) is 0 Å². The lowest BCUT2D eigenvalue weighted by atomic mass is 10.2. The van der Waals surface area contributed by atoms with Crippen molar-refractivity contribution in [3.63, 3.8) is 0 Å². The Morgan fingerprint density at radius 3 is 2.28 bits per heavy atom. The summed E-state index contributed by atoms with van der Waals surface area (Å²) in [6.07, 6.45) is 0. The van der Waals surface area contributed by atoms with E-state index in [1.54, 1.807) is 37.4 Å². The maximum absolute atomic E-state index is 13.7. The molecule has 0 aliphatic rings. The first kappa shape index (κ1) is 12.9. The van der Waals surface area contributed by atoms with Crippen molar-refractivity contribution in [3.8, 4) is 17.2 Å². The summed E-state index contributed by atoms with van der Waals surface area (Å²) in [6, 6.07) is 11.9. The van der Waals surface area contributed by atoms with Gasteiger partial charge in [-0.3, -0.25) is 0 Å². The molecule has 2 nitrogen and oxygen atoms in total. The van der Waals surface area contributed by atoms with Gasteiger partial charge in [0.1, 0.15) is 11.5 Å². The van der Waals surface area contributed by atoms with Crippen molar-refractivity contribution in [1.29, 1.82) is 0 Å². The lowest BCUT2D eigenvalue weighted by Crippen LogP contribution is -1.90. The van der Waals surface area contributed by atoms with E-state index in [-0.39, 0.29) is 11.6 Å². The first-order chi connectivity index (χ1) is 8.72. The molecule has 18 heavy (non-hydrogen) atoms. The molecular weight excluding hydrogens is 299 g/mol. The average molecular weight is 311 g/mol. The van der Waals surface area contributed by atoms with Crippen molar-refractivity contribution in [2.75, 3.05) is 7.11 Å². The Kier molecular flexibility index (Phi) is 4.20. The van der Waals surface area contributed by atoms with Gasteiger partial charge in [-0.15, -0.1) is 0 Å². The Morgan fingerprint density at radius 1 is 1.06 bits per heavy atom. The van der Waals surface area contributed by atoms with Crippen LogP contribution >= 0.6 is 15.9 Å². The second kappa shape index (κ2) is 5.87. The summed E-state index contributed by atoms with van der Waals surface area (Å²) < 4.78 is 24.2. The summed E-state index contributed by atoms with van der Waals surface area (Å²) in [7, 11) is 1.59. The molecule has 0 fully saturated rings. The van der Waals surface area contributed by atoms with Crippen LogP contribution in [0.1, 0.15) is 5.56 Å². The second-order valence-corrected chi connectivity index (χ2v) is 4.24. The van der Waals surface area contributed by atoms with Crippen LogP contribution in [0.2, 0.25) is 0 Å². The smallest absolute Gasteiger partial charge is 0.166 e. The SMILES string of the molecule is COc1ccc(Oc2ccc(CBr)cc2F)cc1. The summed E-state index contributed by atoms with van der Waals surface area (Å²) in [4.78, 5) is 0. The minimum atomic E-state index is -0.372. The molecule has 0 saturated carbocycles. The van der Waals surface area contributed by atoms with E-state index < -0.39 is 0 Å². The van der Waals surface area contributed by atoms with E-state index in [0.29, 0.717) is 11.1 Å². The third-order valence-corrected chi connectivity index (χ3v) is 3.09. The molecule has 2 aromatic rings. The highest BCUT2D eigenvalue weighted by Crippen LogP contribution is 2.27. The van der Waals surface area contributed by atoms with Gasteiger partial charge in [0.15, 0.2) is 11.6 Å². The molecule has 0 amide bonds. The maximum atomic E-state index is 13.7. The molecule has 0 saturated heterocycles. The van der Waals surface area contributed by atoms with Crippen molar-refractivity contribution in [3.05, 3.63) is 53.8 Å². The van der Waals surface area contributed by atoms with Gasteiger partial charge in [-0.25, -0.2) is 4.39 Å². The summed E-state index contributed by atoms with van der Waals surface area (Å²) in [5, 5.41) is 0.618. The van der Waals surface area contributed by atoms with Gasteiger partial charge in [-0.1, -0.05) is 22.0 Å². The van der Waals surface area contributed by atoms with E-state index in [4.69, 9.17) is 9.47 Å². The third-order valence-electron chi connectivity index (χ3n) is 2.44. The summed E-state index contributed by atoms with van der Waals surface area (Å²) in [5.74, 6) is 1.14. The van der Waals surface area contributed by atoms with E-state index in [1.807, 2.05) is 6.07 Å². The molecule has 0 aliphatic carbocycles. The number of hydrogen-bond donors (Lipinski definition) is 0. The van der Waals surface area contributed by atoms with Gasteiger partial charge in [-0.2, -0.15) is 0 Å². The fourth-order valence-electron chi connectivity index (χ4n) is 1.48. The van der Waals surface area contributed by atoms with Crippen LogP contribution in [0.4, 0.5) is 4.39 Å². The zero-order chi connectivity index (χ0) is 13.0. The monoisotopic (exact) mass is 310 g/mol. The van der Waals surface area contributed by atoms with Crippen molar-refractivity contribution in [2.45, 2.75) is 5.33 Å². The molecule has 0 aromatic heterocycles. The van der Waals surface area contributed by atoms with Gasteiger partial charge in [0, 0.05) is 5.33 Å². The molecule has 0 atom stereocenters. The van der Waals surface area contributed by atoms with Gasteiger partial charge in [0.25, 0.3) is 0 Å². The van der Waals surface area contributed by atoms with E-state index in [1.165, 1.54) is 6.07 Å². The van der Waals surface area contributed by atoms with Crippen molar-refractivity contribution < 1.29 is 13.9 Å². The predicted octanol–water partition coefficient (Wildman–Crippen LogP) is 4.52. The number of alkyl halides is 1. The van der Waals surface area contributed by atoms with Crippen LogP contribution in [0.3, 0.4) is 0 Å².